The molecule has 0 saturated carbocycles. The fourth-order valence-corrected chi connectivity index (χ4v) is 4.22. The first kappa shape index (κ1) is 15.2. The zero-order valence-corrected chi connectivity index (χ0v) is 13.9. The highest BCUT2D eigenvalue weighted by Crippen LogP contribution is 2.39. The van der Waals surface area contributed by atoms with Crippen LogP contribution in [0.15, 0.2) is 54.6 Å². The molecule has 0 aromatic heterocycles. The third-order valence-corrected chi connectivity index (χ3v) is 5.44. The zero-order chi connectivity index (χ0) is 16.4. The number of hydrogen-bond donors (Lipinski definition) is 1. The largest absolute Gasteiger partial charge is 0.370 e. The van der Waals surface area contributed by atoms with Crippen LogP contribution in [0.4, 0.5) is 5.69 Å². The molecule has 0 radical (unpaired) electrons. The monoisotopic (exact) mass is 317 g/mol. The average Bonchev–Trinajstić information content (AvgIpc) is 3.06. The van der Waals surface area contributed by atoms with Gasteiger partial charge in [-0.25, -0.2) is 0 Å². The van der Waals surface area contributed by atoms with Crippen molar-refractivity contribution < 1.29 is 0 Å². The number of likely N-dealkylation sites (tertiary alicyclic amines) is 1. The van der Waals surface area contributed by atoms with Gasteiger partial charge in [-0.1, -0.05) is 42.5 Å². The van der Waals surface area contributed by atoms with Crippen molar-refractivity contribution in [2.24, 2.45) is 5.92 Å². The van der Waals surface area contributed by atoms with E-state index in [2.05, 4.69) is 64.8 Å². The molecule has 0 amide bonds. The molecular weight excluding hydrogens is 294 g/mol. The van der Waals surface area contributed by atoms with Crippen molar-refractivity contribution >= 4 is 5.69 Å². The fourth-order valence-electron chi connectivity index (χ4n) is 4.22. The van der Waals surface area contributed by atoms with E-state index >= 15 is 0 Å². The Hall–Kier alpha value is -2.31. The average molecular weight is 317 g/mol. The molecule has 3 nitrogen and oxygen atoms in total. The summed E-state index contributed by atoms with van der Waals surface area (Å²) in [6.45, 7) is 0.988. The number of anilines is 1. The maximum absolute atomic E-state index is 9.39. The summed E-state index contributed by atoms with van der Waals surface area (Å²) in [5, 5.41) is 13.1. The minimum absolute atomic E-state index is 0.152. The minimum atomic E-state index is 0.152. The molecule has 24 heavy (non-hydrogen) atoms. The molecule has 2 aliphatic rings. The molecule has 0 spiro atoms. The molecule has 2 aromatic carbocycles. The first-order valence-corrected chi connectivity index (χ1v) is 8.90. The standard InChI is InChI=1S/C21H23N3/c22-15-16-12-13-24(20-11-10-17-6-4-5-9-19(17)20)21(14-16)23-18-7-2-1-3-8-18/h1-9,16,20-21,23H,10-14H2/t16?,20?,21-/m0/s1. The van der Waals surface area contributed by atoms with E-state index in [1.165, 1.54) is 17.5 Å². The topological polar surface area (TPSA) is 39.1 Å². The van der Waals surface area contributed by atoms with Crippen molar-refractivity contribution in [3.63, 3.8) is 0 Å². The summed E-state index contributed by atoms with van der Waals surface area (Å²) in [6.07, 6.45) is 4.44. The van der Waals surface area contributed by atoms with Crippen LogP contribution < -0.4 is 5.32 Å². The molecule has 1 aliphatic heterocycles. The molecule has 1 aliphatic carbocycles. The Morgan fingerprint density at radius 3 is 2.62 bits per heavy atom. The lowest BCUT2D eigenvalue weighted by Gasteiger charge is -2.42. The van der Waals surface area contributed by atoms with Gasteiger partial charge in [0.25, 0.3) is 0 Å². The SMILES string of the molecule is N#CC1CCN(C2CCc3ccccc32)[C@H](Nc2ccccc2)C1. The molecule has 1 saturated heterocycles. The van der Waals surface area contributed by atoms with E-state index in [1.54, 1.807) is 0 Å². The molecule has 122 valence electrons. The number of fused-ring (bicyclic) bond motifs is 1. The van der Waals surface area contributed by atoms with Gasteiger partial charge in [0, 0.05) is 18.3 Å². The lowest BCUT2D eigenvalue weighted by Crippen LogP contribution is -2.48. The molecular formula is C21H23N3. The van der Waals surface area contributed by atoms with E-state index in [0.29, 0.717) is 6.04 Å². The highest BCUT2D eigenvalue weighted by atomic mass is 15.3. The maximum atomic E-state index is 9.39. The molecule has 1 N–H and O–H groups in total. The van der Waals surface area contributed by atoms with E-state index < -0.39 is 0 Å². The smallest absolute Gasteiger partial charge is 0.0810 e. The molecule has 2 unspecified atom stereocenters. The van der Waals surface area contributed by atoms with Gasteiger partial charge in [0.1, 0.15) is 0 Å². The number of rotatable bonds is 3. The summed E-state index contributed by atoms with van der Waals surface area (Å²) in [6, 6.07) is 22.2. The quantitative estimate of drug-likeness (QED) is 0.915. The zero-order valence-electron chi connectivity index (χ0n) is 13.9. The fraction of sp³-hybridized carbons (Fsp3) is 0.381. The van der Waals surface area contributed by atoms with Crippen LogP contribution in [0.3, 0.4) is 0 Å². The lowest BCUT2D eigenvalue weighted by atomic mass is 9.93. The highest BCUT2D eigenvalue weighted by Gasteiger charge is 2.36. The molecule has 0 bridgehead atoms. The Labute approximate surface area is 143 Å². The Balaban J connectivity index is 1.59. The van der Waals surface area contributed by atoms with E-state index in [0.717, 1.165) is 31.5 Å². The summed E-state index contributed by atoms with van der Waals surface area (Å²) in [4.78, 5) is 2.59. The summed E-state index contributed by atoms with van der Waals surface area (Å²) >= 11 is 0. The number of nitrogens with zero attached hydrogens (tertiary/aromatic N) is 2. The molecule has 3 heteroatoms. The number of aryl methyl sites for hydroxylation is 1. The van der Waals surface area contributed by atoms with Crippen LogP contribution in [0.1, 0.15) is 36.4 Å². The summed E-state index contributed by atoms with van der Waals surface area (Å²) in [7, 11) is 0. The molecule has 3 atom stereocenters. The van der Waals surface area contributed by atoms with Crippen LogP contribution in [0, 0.1) is 17.2 Å². The number of benzene rings is 2. The molecule has 2 aromatic rings. The second-order valence-corrected chi connectivity index (χ2v) is 6.87. The first-order valence-electron chi connectivity index (χ1n) is 8.90. The van der Waals surface area contributed by atoms with Crippen molar-refractivity contribution in [3.05, 3.63) is 65.7 Å². The predicted octanol–water partition coefficient (Wildman–Crippen LogP) is 4.35. The molecule has 1 fully saturated rings. The van der Waals surface area contributed by atoms with Crippen LogP contribution in [0.5, 0.6) is 0 Å². The van der Waals surface area contributed by atoms with Gasteiger partial charge >= 0.3 is 0 Å². The second kappa shape index (κ2) is 6.67. The highest BCUT2D eigenvalue weighted by molar-refractivity contribution is 5.44. The van der Waals surface area contributed by atoms with Crippen molar-refractivity contribution in [3.8, 4) is 6.07 Å². The Morgan fingerprint density at radius 2 is 1.79 bits per heavy atom. The Morgan fingerprint density at radius 1 is 1.00 bits per heavy atom. The summed E-state index contributed by atoms with van der Waals surface area (Å²) < 4.78 is 0. The van der Waals surface area contributed by atoms with E-state index in [-0.39, 0.29) is 12.1 Å². The van der Waals surface area contributed by atoms with Gasteiger partial charge in [0.15, 0.2) is 0 Å². The molecule has 4 rings (SSSR count). The third-order valence-electron chi connectivity index (χ3n) is 5.44. The lowest BCUT2D eigenvalue weighted by molar-refractivity contribution is 0.0949. The van der Waals surface area contributed by atoms with Gasteiger partial charge in [0.05, 0.1) is 18.2 Å². The molecule has 1 heterocycles. The predicted molar refractivity (Wildman–Crippen MR) is 96.4 cm³/mol. The number of nitrogens with one attached hydrogen (secondary N) is 1. The first-order chi connectivity index (χ1) is 11.8. The van der Waals surface area contributed by atoms with Crippen molar-refractivity contribution in [1.29, 1.82) is 5.26 Å². The van der Waals surface area contributed by atoms with E-state index in [9.17, 15) is 5.26 Å². The van der Waals surface area contributed by atoms with Crippen LogP contribution >= 0.6 is 0 Å². The van der Waals surface area contributed by atoms with Gasteiger partial charge < -0.3 is 5.32 Å². The van der Waals surface area contributed by atoms with Crippen molar-refractivity contribution in [2.45, 2.75) is 37.9 Å². The van der Waals surface area contributed by atoms with Crippen LogP contribution in [-0.2, 0) is 6.42 Å². The van der Waals surface area contributed by atoms with Gasteiger partial charge in [0.2, 0.25) is 0 Å². The van der Waals surface area contributed by atoms with Gasteiger partial charge in [-0.2, -0.15) is 5.26 Å². The van der Waals surface area contributed by atoms with Gasteiger partial charge in [-0.15, -0.1) is 0 Å². The van der Waals surface area contributed by atoms with Crippen LogP contribution in [-0.4, -0.2) is 17.6 Å². The third kappa shape index (κ3) is 2.90. The number of hydrogen-bond acceptors (Lipinski definition) is 3. The number of piperidine rings is 1. The minimum Gasteiger partial charge on any atom is -0.370 e. The number of nitriles is 1. The van der Waals surface area contributed by atoms with Crippen LogP contribution in [0.25, 0.3) is 0 Å². The van der Waals surface area contributed by atoms with E-state index in [4.69, 9.17) is 0 Å². The van der Waals surface area contributed by atoms with Crippen molar-refractivity contribution in [1.82, 2.24) is 4.90 Å². The summed E-state index contributed by atoms with van der Waals surface area (Å²) in [5.74, 6) is 0.152. The van der Waals surface area contributed by atoms with Crippen LogP contribution in [0.2, 0.25) is 0 Å². The van der Waals surface area contributed by atoms with Gasteiger partial charge in [-0.3, -0.25) is 4.90 Å². The van der Waals surface area contributed by atoms with E-state index in [1.807, 2.05) is 6.07 Å². The second-order valence-electron chi connectivity index (χ2n) is 6.87. The summed E-state index contributed by atoms with van der Waals surface area (Å²) in [5.41, 5.74) is 4.11. The number of para-hydroxylation sites is 1. The van der Waals surface area contributed by atoms with Gasteiger partial charge in [-0.05, 0) is 48.9 Å². The Bertz CT molecular complexity index is 734. The normalized spacial score (nSPS) is 26.5. The van der Waals surface area contributed by atoms with Crippen molar-refractivity contribution in [2.75, 3.05) is 11.9 Å². The Kier molecular flexibility index (Phi) is 4.23. The maximum Gasteiger partial charge on any atom is 0.0810 e.